The number of aryl methyl sites for hydroxylation is 1. The van der Waals surface area contributed by atoms with E-state index in [0.29, 0.717) is 5.82 Å². The van der Waals surface area contributed by atoms with Crippen LogP contribution >= 0.6 is 0 Å². The van der Waals surface area contributed by atoms with Crippen molar-refractivity contribution in [1.82, 2.24) is 9.97 Å². The van der Waals surface area contributed by atoms with Crippen LogP contribution in [-0.2, 0) is 0 Å². The van der Waals surface area contributed by atoms with Crippen LogP contribution in [0.2, 0.25) is 0 Å². The highest BCUT2D eigenvalue weighted by Crippen LogP contribution is 2.19. The fraction of sp³-hybridized carbons (Fsp3) is 0.364. The SMILES string of the molecule is Cc1cccc2[nH]c(C(N)C(C)O)nc12. The van der Waals surface area contributed by atoms with Gasteiger partial charge in [-0.1, -0.05) is 12.1 Å². The number of aromatic nitrogens is 2. The Hall–Kier alpha value is -1.39. The Labute approximate surface area is 88.1 Å². The summed E-state index contributed by atoms with van der Waals surface area (Å²) in [5.41, 5.74) is 8.79. The summed E-state index contributed by atoms with van der Waals surface area (Å²) in [6.45, 7) is 3.66. The van der Waals surface area contributed by atoms with Crippen LogP contribution in [0.1, 0.15) is 24.4 Å². The summed E-state index contributed by atoms with van der Waals surface area (Å²) in [6.07, 6.45) is -0.606. The largest absolute Gasteiger partial charge is 0.391 e. The van der Waals surface area contributed by atoms with Crippen LogP contribution in [0, 0.1) is 6.92 Å². The van der Waals surface area contributed by atoms with Crippen molar-refractivity contribution >= 4 is 11.0 Å². The van der Waals surface area contributed by atoms with Gasteiger partial charge in [-0.05, 0) is 25.5 Å². The molecular formula is C11H15N3O. The van der Waals surface area contributed by atoms with Crippen molar-refractivity contribution in [2.75, 3.05) is 0 Å². The average molecular weight is 205 g/mol. The van der Waals surface area contributed by atoms with Crippen molar-refractivity contribution in [2.24, 2.45) is 5.73 Å². The van der Waals surface area contributed by atoms with Crippen molar-refractivity contribution in [1.29, 1.82) is 0 Å². The van der Waals surface area contributed by atoms with E-state index < -0.39 is 12.1 Å². The van der Waals surface area contributed by atoms with Gasteiger partial charge in [0.25, 0.3) is 0 Å². The van der Waals surface area contributed by atoms with Crippen molar-refractivity contribution in [2.45, 2.75) is 26.0 Å². The quantitative estimate of drug-likeness (QED) is 0.690. The zero-order chi connectivity index (χ0) is 11.0. The molecule has 2 atom stereocenters. The molecule has 80 valence electrons. The minimum Gasteiger partial charge on any atom is -0.391 e. The fourth-order valence-electron chi connectivity index (χ4n) is 1.58. The van der Waals surface area contributed by atoms with E-state index in [9.17, 15) is 5.11 Å². The number of nitrogens with two attached hydrogens (primary N) is 1. The van der Waals surface area contributed by atoms with E-state index in [-0.39, 0.29) is 0 Å². The summed E-state index contributed by atoms with van der Waals surface area (Å²) in [5, 5.41) is 9.38. The Morgan fingerprint density at radius 3 is 2.80 bits per heavy atom. The molecule has 4 nitrogen and oxygen atoms in total. The molecule has 4 N–H and O–H groups in total. The number of nitrogens with zero attached hydrogens (tertiary/aromatic N) is 1. The molecule has 0 aliphatic carbocycles. The second-order valence-corrected chi connectivity index (χ2v) is 3.86. The third-order valence-electron chi connectivity index (χ3n) is 2.57. The van der Waals surface area contributed by atoms with Crippen molar-refractivity contribution in [3.05, 3.63) is 29.6 Å². The number of rotatable bonds is 2. The Balaban J connectivity index is 2.52. The molecule has 0 spiro atoms. The number of aliphatic hydroxyl groups excluding tert-OH is 1. The van der Waals surface area contributed by atoms with Crippen LogP contribution in [0.25, 0.3) is 11.0 Å². The number of hydrogen-bond donors (Lipinski definition) is 3. The van der Waals surface area contributed by atoms with Crippen LogP contribution in [0.5, 0.6) is 0 Å². The molecule has 1 aromatic carbocycles. The van der Waals surface area contributed by atoms with E-state index in [2.05, 4.69) is 9.97 Å². The van der Waals surface area contributed by atoms with Gasteiger partial charge in [0.2, 0.25) is 0 Å². The number of hydrogen-bond acceptors (Lipinski definition) is 3. The molecule has 4 heteroatoms. The Morgan fingerprint density at radius 1 is 1.47 bits per heavy atom. The first-order valence-electron chi connectivity index (χ1n) is 4.98. The van der Waals surface area contributed by atoms with Crippen LogP contribution in [0.3, 0.4) is 0 Å². The van der Waals surface area contributed by atoms with Crippen molar-refractivity contribution in [3.8, 4) is 0 Å². The average Bonchev–Trinajstić information content (AvgIpc) is 2.61. The minimum atomic E-state index is -0.606. The predicted octanol–water partition coefficient (Wildman–Crippen LogP) is 1.25. The van der Waals surface area contributed by atoms with E-state index in [0.717, 1.165) is 16.6 Å². The molecule has 0 aliphatic heterocycles. The first kappa shape index (κ1) is 10.1. The standard InChI is InChI=1S/C11H15N3O/c1-6-4-3-5-8-10(6)14-11(13-8)9(12)7(2)15/h3-5,7,9,15H,12H2,1-2H3,(H,13,14). The molecule has 0 bridgehead atoms. The summed E-state index contributed by atoms with van der Waals surface area (Å²) in [4.78, 5) is 7.51. The molecule has 0 amide bonds. The zero-order valence-corrected chi connectivity index (χ0v) is 8.86. The van der Waals surface area contributed by atoms with Gasteiger partial charge in [-0.15, -0.1) is 0 Å². The van der Waals surface area contributed by atoms with Crippen molar-refractivity contribution < 1.29 is 5.11 Å². The van der Waals surface area contributed by atoms with Gasteiger partial charge in [-0.25, -0.2) is 4.98 Å². The second-order valence-electron chi connectivity index (χ2n) is 3.86. The van der Waals surface area contributed by atoms with Gasteiger partial charge >= 0.3 is 0 Å². The van der Waals surface area contributed by atoms with Gasteiger partial charge in [0.1, 0.15) is 5.82 Å². The maximum absolute atomic E-state index is 9.38. The summed E-state index contributed by atoms with van der Waals surface area (Å²) >= 11 is 0. The van der Waals surface area contributed by atoms with Gasteiger partial charge in [0.05, 0.1) is 23.2 Å². The lowest BCUT2D eigenvalue weighted by Crippen LogP contribution is -2.24. The predicted molar refractivity (Wildman–Crippen MR) is 59.4 cm³/mol. The Kier molecular flexibility index (Phi) is 2.46. The molecule has 0 radical (unpaired) electrons. The molecule has 0 fully saturated rings. The van der Waals surface area contributed by atoms with Crippen molar-refractivity contribution in [3.63, 3.8) is 0 Å². The highest BCUT2D eigenvalue weighted by molar-refractivity contribution is 5.78. The smallest absolute Gasteiger partial charge is 0.126 e. The third kappa shape index (κ3) is 1.73. The lowest BCUT2D eigenvalue weighted by Gasteiger charge is -2.10. The minimum absolute atomic E-state index is 0.461. The van der Waals surface area contributed by atoms with Gasteiger partial charge < -0.3 is 15.8 Å². The zero-order valence-electron chi connectivity index (χ0n) is 8.86. The highest BCUT2D eigenvalue weighted by atomic mass is 16.3. The summed E-state index contributed by atoms with van der Waals surface area (Å²) < 4.78 is 0. The van der Waals surface area contributed by atoms with Gasteiger partial charge in [0, 0.05) is 0 Å². The highest BCUT2D eigenvalue weighted by Gasteiger charge is 2.16. The van der Waals surface area contributed by atoms with Gasteiger partial charge in [-0.2, -0.15) is 0 Å². The summed E-state index contributed by atoms with van der Waals surface area (Å²) in [6, 6.07) is 5.46. The Morgan fingerprint density at radius 2 is 2.20 bits per heavy atom. The maximum Gasteiger partial charge on any atom is 0.126 e. The molecule has 2 unspecified atom stereocenters. The Bertz CT molecular complexity index is 476. The number of aliphatic hydroxyl groups is 1. The normalized spacial score (nSPS) is 15.5. The monoisotopic (exact) mass is 205 g/mol. The molecule has 1 heterocycles. The summed E-state index contributed by atoms with van der Waals surface area (Å²) in [7, 11) is 0. The van der Waals surface area contributed by atoms with Crippen LogP contribution in [0.15, 0.2) is 18.2 Å². The lowest BCUT2D eigenvalue weighted by atomic mass is 10.2. The van der Waals surface area contributed by atoms with E-state index >= 15 is 0 Å². The van der Waals surface area contributed by atoms with Crippen LogP contribution in [0.4, 0.5) is 0 Å². The molecule has 0 aliphatic rings. The molecule has 2 aromatic rings. The van der Waals surface area contributed by atoms with E-state index in [1.54, 1.807) is 6.92 Å². The topological polar surface area (TPSA) is 74.9 Å². The molecule has 0 saturated heterocycles. The first-order valence-corrected chi connectivity index (χ1v) is 4.98. The fourth-order valence-corrected chi connectivity index (χ4v) is 1.58. The first-order chi connectivity index (χ1) is 7.09. The molecule has 1 aromatic heterocycles. The molecule has 15 heavy (non-hydrogen) atoms. The van der Waals surface area contributed by atoms with Gasteiger partial charge in [0.15, 0.2) is 0 Å². The molecule has 0 saturated carbocycles. The number of fused-ring (bicyclic) bond motifs is 1. The summed E-state index contributed by atoms with van der Waals surface area (Å²) in [5.74, 6) is 0.634. The number of benzene rings is 1. The maximum atomic E-state index is 9.38. The van der Waals surface area contributed by atoms with E-state index in [1.165, 1.54) is 0 Å². The lowest BCUT2D eigenvalue weighted by molar-refractivity contribution is 0.161. The number of imidazole rings is 1. The van der Waals surface area contributed by atoms with Crippen LogP contribution < -0.4 is 5.73 Å². The van der Waals surface area contributed by atoms with E-state index in [1.807, 2.05) is 25.1 Å². The third-order valence-corrected chi connectivity index (χ3v) is 2.57. The number of para-hydroxylation sites is 1. The molecule has 2 rings (SSSR count). The van der Waals surface area contributed by atoms with Gasteiger partial charge in [-0.3, -0.25) is 0 Å². The molecular weight excluding hydrogens is 190 g/mol. The van der Waals surface area contributed by atoms with Crippen LogP contribution in [-0.4, -0.2) is 21.2 Å². The van der Waals surface area contributed by atoms with E-state index in [4.69, 9.17) is 5.73 Å². The number of aromatic amines is 1. The second kappa shape index (κ2) is 3.64. The number of nitrogens with one attached hydrogen (secondary N) is 1. The number of H-pyrrole nitrogens is 1.